The molecule has 0 N–H and O–H groups in total. The van der Waals surface area contributed by atoms with E-state index in [4.69, 9.17) is 14.2 Å². The van der Waals surface area contributed by atoms with Crippen molar-refractivity contribution in [1.82, 2.24) is 0 Å². The van der Waals surface area contributed by atoms with Crippen molar-refractivity contribution < 1.29 is 33.4 Å². The van der Waals surface area contributed by atoms with Crippen molar-refractivity contribution in [2.24, 2.45) is 10.8 Å². The summed E-state index contributed by atoms with van der Waals surface area (Å²) in [4.78, 5) is 53.2. The van der Waals surface area contributed by atoms with Gasteiger partial charge in [0.25, 0.3) is 0 Å². The quantitative estimate of drug-likeness (QED) is 0.231. The first-order valence-corrected chi connectivity index (χ1v) is 13.0. The van der Waals surface area contributed by atoms with Crippen LogP contribution in [0.15, 0.2) is 42.5 Å². The molecule has 0 spiro atoms. The summed E-state index contributed by atoms with van der Waals surface area (Å²) in [6, 6.07) is 11.4. The Morgan fingerprint density at radius 1 is 0.865 bits per heavy atom. The van der Waals surface area contributed by atoms with E-state index in [9.17, 15) is 19.2 Å². The molecule has 0 heterocycles. The van der Waals surface area contributed by atoms with Crippen LogP contribution in [0, 0.1) is 10.8 Å². The van der Waals surface area contributed by atoms with E-state index < -0.39 is 28.7 Å². The van der Waals surface area contributed by atoms with Gasteiger partial charge in [-0.2, -0.15) is 0 Å². The van der Waals surface area contributed by atoms with E-state index in [2.05, 4.69) is 0 Å². The van der Waals surface area contributed by atoms with Gasteiger partial charge >= 0.3 is 17.9 Å². The predicted molar refractivity (Wildman–Crippen MR) is 141 cm³/mol. The molecule has 0 amide bonds. The minimum absolute atomic E-state index is 0.0135. The van der Waals surface area contributed by atoms with Crippen molar-refractivity contribution >= 4 is 40.0 Å². The Labute approximate surface area is 218 Å². The zero-order chi connectivity index (χ0) is 27.2. The first-order valence-electron chi connectivity index (χ1n) is 13.0. The molecule has 2 aromatic rings. The van der Waals surface area contributed by atoms with Gasteiger partial charge in [-0.1, -0.05) is 44.2 Å². The summed E-state index contributed by atoms with van der Waals surface area (Å²) >= 11 is 0. The Morgan fingerprint density at radius 2 is 1.41 bits per heavy atom. The Bertz CT molecular complexity index is 1210. The molecule has 0 saturated heterocycles. The SMILES string of the molecule is CCOC(=O)C(CC)(C/C=C1\CC(CC)(C(=O)OCC)C(=O)c2cc3ccccc3cc21)C(=O)OCC. The lowest BCUT2D eigenvalue weighted by Gasteiger charge is -2.36. The monoisotopic (exact) mass is 508 g/mol. The lowest BCUT2D eigenvalue weighted by molar-refractivity contribution is -0.172. The van der Waals surface area contributed by atoms with Crippen LogP contribution in [0.3, 0.4) is 0 Å². The molecule has 198 valence electrons. The molecule has 1 aliphatic carbocycles. The summed E-state index contributed by atoms with van der Waals surface area (Å²) in [6.07, 6.45) is 2.34. The van der Waals surface area contributed by atoms with Crippen LogP contribution in [-0.2, 0) is 28.6 Å². The van der Waals surface area contributed by atoms with Gasteiger partial charge in [-0.25, -0.2) is 0 Å². The molecular weight excluding hydrogens is 472 g/mol. The van der Waals surface area contributed by atoms with Gasteiger partial charge in [0.1, 0.15) is 5.41 Å². The largest absolute Gasteiger partial charge is 0.465 e. The van der Waals surface area contributed by atoms with Crippen LogP contribution in [-0.4, -0.2) is 43.5 Å². The van der Waals surface area contributed by atoms with E-state index in [0.717, 1.165) is 10.8 Å². The third kappa shape index (κ3) is 5.04. The third-order valence-electron chi connectivity index (χ3n) is 7.31. The number of Topliss-reactive ketones (excluding diaryl/α,β-unsaturated/α-hetero) is 1. The van der Waals surface area contributed by atoms with E-state index in [0.29, 0.717) is 16.7 Å². The molecule has 1 atom stereocenters. The lowest BCUT2D eigenvalue weighted by Crippen LogP contribution is -2.44. The molecule has 0 aliphatic heterocycles. The average Bonchev–Trinajstić information content (AvgIpc) is 2.90. The highest BCUT2D eigenvalue weighted by atomic mass is 16.6. The Morgan fingerprint density at radius 3 is 1.89 bits per heavy atom. The fourth-order valence-electron chi connectivity index (χ4n) is 5.02. The number of carbonyl (C=O) groups is 4. The topological polar surface area (TPSA) is 96.0 Å². The lowest BCUT2D eigenvalue weighted by atomic mass is 9.66. The van der Waals surface area contributed by atoms with Crippen molar-refractivity contribution in [1.29, 1.82) is 0 Å². The second-order valence-corrected chi connectivity index (χ2v) is 9.22. The Balaban J connectivity index is 2.23. The molecule has 7 heteroatoms. The van der Waals surface area contributed by atoms with Crippen molar-refractivity contribution in [2.45, 2.75) is 60.3 Å². The van der Waals surface area contributed by atoms with E-state index in [1.807, 2.05) is 36.4 Å². The zero-order valence-electron chi connectivity index (χ0n) is 22.3. The van der Waals surface area contributed by atoms with Gasteiger partial charge < -0.3 is 14.2 Å². The van der Waals surface area contributed by atoms with E-state index in [-0.39, 0.29) is 51.3 Å². The van der Waals surface area contributed by atoms with Crippen LogP contribution in [0.1, 0.15) is 76.2 Å². The molecule has 3 rings (SSSR count). The van der Waals surface area contributed by atoms with Crippen molar-refractivity contribution in [3.05, 3.63) is 53.6 Å². The van der Waals surface area contributed by atoms with Crippen LogP contribution in [0.4, 0.5) is 0 Å². The molecule has 1 unspecified atom stereocenters. The van der Waals surface area contributed by atoms with Crippen LogP contribution in [0.2, 0.25) is 0 Å². The number of benzene rings is 2. The van der Waals surface area contributed by atoms with E-state index in [1.165, 1.54) is 0 Å². The van der Waals surface area contributed by atoms with Crippen molar-refractivity contribution in [3.8, 4) is 0 Å². The van der Waals surface area contributed by atoms with Crippen molar-refractivity contribution in [3.63, 3.8) is 0 Å². The minimum atomic E-state index is -1.53. The van der Waals surface area contributed by atoms with Crippen LogP contribution in [0.5, 0.6) is 0 Å². The molecule has 2 aromatic carbocycles. The second kappa shape index (κ2) is 11.7. The van der Waals surface area contributed by atoms with Gasteiger partial charge in [0.05, 0.1) is 19.8 Å². The molecule has 7 nitrogen and oxygen atoms in total. The normalized spacial score (nSPS) is 18.4. The predicted octanol–water partition coefficient (Wildman–Crippen LogP) is 5.68. The number of fused-ring (bicyclic) bond motifs is 2. The molecular formula is C30H36O7. The number of rotatable bonds is 10. The highest BCUT2D eigenvalue weighted by Crippen LogP contribution is 2.47. The first kappa shape index (κ1) is 28.1. The van der Waals surface area contributed by atoms with Crippen LogP contribution < -0.4 is 0 Å². The molecule has 0 saturated carbocycles. The third-order valence-corrected chi connectivity index (χ3v) is 7.31. The molecule has 1 aliphatic rings. The van der Waals surface area contributed by atoms with Gasteiger partial charge in [0, 0.05) is 5.56 Å². The number of allylic oxidation sites excluding steroid dienone is 2. The van der Waals surface area contributed by atoms with Crippen LogP contribution in [0.25, 0.3) is 16.3 Å². The Hall–Kier alpha value is -3.48. The highest BCUT2D eigenvalue weighted by molar-refractivity contribution is 6.19. The maximum absolute atomic E-state index is 13.8. The molecule has 37 heavy (non-hydrogen) atoms. The summed E-state index contributed by atoms with van der Waals surface area (Å²) in [6.45, 7) is 9.03. The maximum atomic E-state index is 13.8. The number of ether oxygens (including phenoxy) is 3. The Kier molecular flexibility index (Phi) is 8.89. The standard InChI is InChI=1S/C30H36O7/c1-6-29(26(32)35-8-3,27(33)36-9-4)16-15-22-19-30(7-2,28(34)37-10-5)25(31)24-18-21-14-12-11-13-20(21)17-23(22)24/h11-15,17-18H,6-10,16,19H2,1-5H3/b22-15+. The van der Waals surface area contributed by atoms with E-state index in [1.54, 1.807) is 40.7 Å². The van der Waals surface area contributed by atoms with Gasteiger partial charge in [-0.15, -0.1) is 0 Å². The molecule has 0 aromatic heterocycles. The van der Waals surface area contributed by atoms with Gasteiger partial charge in [-0.05, 0) is 80.5 Å². The molecule has 0 fully saturated rings. The number of ketones is 1. The first-order chi connectivity index (χ1) is 17.7. The number of carbonyl (C=O) groups excluding carboxylic acids is 4. The van der Waals surface area contributed by atoms with E-state index >= 15 is 0 Å². The number of hydrogen-bond donors (Lipinski definition) is 0. The second-order valence-electron chi connectivity index (χ2n) is 9.22. The van der Waals surface area contributed by atoms with Gasteiger partial charge in [-0.3, -0.25) is 19.2 Å². The fourth-order valence-corrected chi connectivity index (χ4v) is 5.02. The summed E-state index contributed by atoms with van der Waals surface area (Å²) in [5.41, 5.74) is -1.09. The highest BCUT2D eigenvalue weighted by Gasteiger charge is 2.51. The summed E-state index contributed by atoms with van der Waals surface area (Å²) in [7, 11) is 0. The van der Waals surface area contributed by atoms with Crippen molar-refractivity contribution in [2.75, 3.05) is 19.8 Å². The average molecular weight is 509 g/mol. The fraction of sp³-hybridized carbons (Fsp3) is 0.467. The molecule has 0 bridgehead atoms. The van der Waals surface area contributed by atoms with Crippen LogP contribution >= 0.6 is 0 Å². The minimum Gasteiger partial charge on any atom is -0.465 e. The number of esters is 3. The summed E-state index contributed by atoms with van der Waals surface area (Å²) < 4.78 is 15.9. The smallest absolute Gasteiger partial charge is 0.323 e. The molecule has 0 radical (unpaired) electrons. The van der Waals surface area contributed by atoms with Gasteiger partial charge in [0.15, 0.2) is 11.2 Å². The summed E-state index contributed by atoms with van der Waals surface area (Å²) in [5, 5.41) is 1.82. The maximum Gasteiger partial charge on any atom is 0.323 e. The summed E-state index contributed by atoms with van der Waals surface area (Å²) in [5.74, 6) is -2.13. The number of hydrogen-bond acceptors (Lipinski definition) is 7. The zero-order valence-corrected chi connectivity index (χ0v) is 22.3. The van der Waals surface area contributed by atoms with Gasteiger partial charge in [0.2, 0.25) is 0 Å².